The molecule has 1 N–H and O–H groups in total. The van der Waals surface area contributed by atoms with Gasteiger partial charge in [-0.2, -0.15) is 11.8 Å². The van der Waals surface area contributed by atoms with E-state index in [-0.39, 0.29) is 0 Å². The highest BCUT2D eigenvalue weighted by Gasteiger charge is 2.15. The van der Waals surface area contributed by atoms with Crippen LogP contribution in [-0.2, 0) is 0 Å². The highest BCUT2D eigenvalue weighted by atomic mass is 32.2. The van der Waals surface area contributed by atoms with Crippen LogP contribution in [0.4, 0.5) is 0 Å². The smallest absolute Gasteiger partial charge is 0.00727 e. The normalized spacial score (nSPS) is 29.6. The fourth-order valence-electron chi connectivity index (χ4n) is 2.39. The minimum atomic E-state index is 0.981. The second-order valence-electron chi connectivity index (χ2n) is 4.46. The van der Waals surface area contributed by atoms with Crippen molar-refractivity contribution in [3.8, 4) is 0 Å². The third kappa shape index (κ3) is 3.44. The highest BCUT2D eigenvalue weighted by Crippen LogP contribution is 2.15. The van der Waals surface area contributed by atoms with E-state index >= 15 is 0 Å². The summed E-state index contributed by atoms with van der Waals surface area (Å²) in [7, 11) is 0. The van der Waals surface area contributed by atoms with Crippen LogP contribution in [0.15, 0.2) is 0 Å². The Morgan fingerprint density at radius 3 is 2.86 bits per heavy atom. The first-order valence-electron chi connectivity index (χ1n) is 5.96. The molecule has 0 spiro atoms. The van der Waals surface area contributed by atoms with Crippen molar-refractivity contribution in [1.82, 2.24) is 10.2 Å². The van der Waals surface area contributed by atoms with Gasteiger partial charge in [-0.05, 0) is 44.8 Å². The average Bonchev–Trinajstić information content (AvgIpc) is 2.72. The van der Waals surface area contributed by atoms with Gasteiger partial charge in [0.15, 0.2) is 0 Å². The summed E-state index contributed by atoms with van der Waals surface area (Å²) in [5, 5.41) is 3.44. The van der Waals surface area contributed by atoms with Crippen molar-refractivity contribution < 1.29 is 0 Å². The molecule has 2 saturated heterocycles. The Labute approximate surface area is 91.8 Å². The van der Waals surface area contributed by atoms with Gasteiger partial charge in [0.05, 0.1) is 0 Å². The molecule has 0 aliphatic carbocycles. The van der Waals surface area contributed by atoms with Gasteiger partial charge < -0.3 is 10.2 Å². The van der Waals surface area contributed by atoms with Crippen molar-refractivity contribution in [3.63, 3.8) is 0 Å². The summed E-state index contributed by atoms with van der Waals surface area (Å²) in [6, 6.07) is 0. The minimum Gasteiger partial charge on any atom is -0.316 e. The van der Waals surface area contributed by atoms with Crippen LogP contribution in [0.5, 0.6) is 0 Å². The molecule has 0 radical (unpaired) electrons. The SMILES string of the molecule is C(CC1CCNC1)CN1CCSCC1. The first-order chi connectivity index (χ1) is 6.95. The molecule has 3 heteroatoms. The number of thioether (sulfide) groups is 1. The Bertz CT molecular complexity index is 151. The molecule has 2 aliphatic rings. The van der Waals surface area contributed by atoms with Crippen molar-refractivity contribution in [2.75, 3.05) is 44.2 Å². The van der Waals surface area contributed by atoms with E-state index in [1.165, 1.54) is 63.5 Å². The van der Waals surface area contributed by atoms with Gasteiger partial charge in [-0.1, -0.05) is 0 Å². The minimum absolute atomic E-state index is 0.981. The number of hydrogen-bond acceptors (Lipinski definition) is 3. The number of hydrogen-bond donors (Lipinski definition) is 1. The first-order valence-corrected chi connectivity index (χ1v) is 7.11. The van der Waals surface area contributed by atoms with Crippen molar-refractivity contribution in [1.29, 1.82) is 0 Å². The number of rotatable bonds is 4. The largest absolute Gasteiger partial charge is 0.316 e. The molecule has 2 heterocycles. The summed E-state index contributed by atoms with van der Waals surface area (Å²) in [5.74, 6) is 3.69. The lowest BCUT2D eigenvalue weighted by atomic mass is 10.0. The predicted octanol–water partition coefficient (Wildman–Crippen LogP) is 1.42. The fraction of sp³-hybridized carbons (Fsp3) is 1.00. The molecule has 2 nitrogen and oxygen atoms in total. The van der Waals surface area contributed by atoms with Gasteiger partial charge in [0.2, 0.25) is 0 Å². The van der Waals surface area contributed by atoms with Gasteiger partial charge in [0.1, 0.15) is 0 Å². The molecule has 0 aromatic carbocycles. The summed E-state index contributed by atoms with van der Waals surface area (Å²) < 4.78 is 0. The first kappa shape index (κ1) is 10.8. The molecule has 0 aromatic rings. The van der Waals surface area contributed by atoms with E-state index in [9.17, 15) is 0 Å². The fourth-order valence-corrected chi connectivity index (χ4v) is 3.37. The maximum absolute atomic E-state index is 3.44. The summed E-state index contributed by atoms with van der Waals surface area (Å²) in [6.45, 7) is 6.53. The molecule has 0 bridgehead atoms. The van der Waals surface area contributed by atoms with Gasteiger partial charge in [-0.3, -0.25) is 0 Å². The number of nitrogens with one attached hydrogen (secondary N) is 1. The lowest BCUT2D eigenvalue weighted by Gasteiger charge is -2.26. The van der Waals surface area contributed by atoms with E-state index in [0.717, 1.165) is 5.92 Å². The van der Waals surface area contributed by atoms with Crippen LogP contribution >= 0.6 is 11.8 Å². The molecule has 14 heavy (non-hydrogen) atoms. The maximum atomic E-state index is 3.44. The second-order valence-corrected chi connectivity index (χ2v) is 5.68. The van der Waals surface area contributed by atoms with Crippen molar-refractivity contribution in [3.05, 3.63) is 0 Å². The van der Waals surface area contributed by atoms with Crippen LogP contribution in [0.1, 0.15) is 19.3 Å². The van der Waals surface area contributed by atoms with E-state index in [1.54, 1.807) is 0 Å². The van der Waals surface area contributed by atoms with E-state index in [4.69, 9.17) is 0 Å². The molecular formula is C11H22N2S. The van der Waals surface area contributed by atoms with E-state index in [0.29, 0.717) is 0 Å². The lowest BCUT2D eigenvalue weighted by Crippen LogP contribution is -2.33. The van der Waals surface area contributed by atoms with Crippen LogP contribution in [0.3, 0.4) is 0 Å². The van der Waals surface area contributed by atoms with E-state index in [2.05, 4.69) is 22.0 Å². The Kier molecular flexibility index (Phi) is 4.61. The Morgan fingerprint density at radius 1 is 1.29 bits per heavy atom. The Hall–Kier alpha value is 0.270. The summed E-state index contributed by atoms with van der Waals surface area (Å²) >= 11 is 2.11. The van der Waals surface area contributed by atoms with Gasteiger partial charge in [-0.15, -0.1) is 0 Å². The van der Waals surface area contributed by atoms with Crippen molar-refractivity contribution >= 4 is 11.8 Å². The summed E-state index contributed by atoms with van der Waals surface area (Å²) in [5.41, 5.74) is 0. The molecule has 82 valence electrons. The standard InChI is InChI=1S/C11H22N2S/c1(2-11-3-4-12-10-11)5-13-6-8-14-9-7-13/h11-12H,1-10H2. The van der Waals surface area contributed by atoms with Gasteiger partial charge in [0.25, 0.3) is 0 Å². The molecule has 0 amide bonds. The van der Waals surface area contributed by atoms with Gasteiger partial charge in [-0.25, -0.2) is 0 Å². The van der Waals surface area contributed by atoms with Crippen molar-refractivity contribution in [2.24, 2.45) is 5.92 Å². The topological polar surface area (TPSA) is 15.3 Å². The maximum Gasteiger partial charge on any atom is 0.00727 e. The molecule has 1 atom stereocenters. The molecule has 2 aliphatic heterocycles. The zero-order valence-electron chi connectivity index (χ0n) is 9.00. The molecular weight excluding hydrogens is 192 g/mol. The Morgan fingerprint density at radius 2 is 2.14 bits per heavy atom. The van der Waals surface area contributed by atoms with Crippen LogP contribution in [0.25, 0.3) is 0 Å². The molecule has 2 rings (SSSR count). The molecule has 2 fully saturated rings. The van der Waals surface area contributed by atoms with Crippen LogP contribution < -0.4 is 5.32 Å². The van der Waals surface area contributed by atoms with Crippen LogP contribution in [0.2, 0.25) is 0 Å². The lowest BCUT2D eigenvalue weighted by molar-refractivity contribution is 0.287. The van der Waals surface area contributed by atoms with Crippen LogP contribution in [-0.4, -0.2) is 49.1 Å². The van der Waals surface area contributed by atoms with Gasteiger partial charge >= 0.3 is 0 Å². The van der Waals surface area contributed by atoms with Crippen molar-refractivity contribution in [2.45, 2.75) is 19.3 Å². The molecule has 0 saturated carbocycles. The third-order valence-corrected chi connectivity index (χ3v) is 4.30. The zero-order chi connectivity index (χ0) is 9.64. The highest BCUT2D eigenvalue weighted by molar-refractivity contribution is 7.99. The van der Waals surface area contributed by atoms with Crippen LogP contribution in [0, 0.1) is 5.92 Å². The van der Waals surface area contributed by atoms with E-state index < -0.39 is 0 Å². The predicted molar refractivity (Wildman–Crippen MR) is 64.0 cm³/mol. The average molecular weight is 214 g/mol. The van der Waals surface area contributed by atoms with E-state index in [1.807, 2.05) is 0 Å². The quantitative estimate of drug-likeness (QED) is 0.762. The molecule has 0 aromatic heterocycles. The third-order valence-electron chi connectivity index (χ3n) is 3.35. The van der Waals surface area contributed by atoms with Gasteiger partial charge in [0, 0.05) is 24.6 Å². The second kappa shape index (κ2) is 5.99. The number of nitrogens with zero attached hydrogens (tertiary/aromatic N) is 1. The summed E-state index contributed by atoms with van der Waals surface area (Å²) in [4.78, 5) is 2.64. The summed E-state index contributed by atoms with van der Waals surface area (Å²) in [6.07, 6.45) is 4.27. The monoisotopic (exact) mass is 214 g/mol. The zero-order valence-corrected chi connectivity index (χ0v) is 9.82. The Balaban J connectivity index is 1.52. The molecule has 1 unspecified atom stereocenters.